The molecule has 0 amide bonds. The van der Waals surface area contributed by atoms with Crippen LogP contribution in [0.15, 0.2) is 54.6 Å². The summed E-state index contributed by atoms with van der Waals surface area (Å²) in [4.78, 5) is 0. The van der Waals surface area contributed by atoms with Crippen LogP contribution in [0, 0.1) is 0 Å². The first-order valence-corrected chi connectivity index (χ1v) is 8.48. The Morgan fingerprint density at radius 1 is 1.00 bits per heavy atom. The lowest BCUT2D eigenvalue weighted by atomic mass is 10.2. The number of hydrogen-bond acceptors (Lipinski definition) is 3. The lowest BCUT2D eigenvalue weighted by molar-refractivity contribution is 0.340. The lowest BCUT2D eigenvalue weighted by Crippen LogP contribution is -2.28. The summed E-state index contributed by atoms with van der Waals surface area (Å²) in [6.45, 7) is 0.273. The van der Waals surface area contributed by atoms with E-state index in [9.17, 15) is 8.42 Å². The molecule has 0 aliphatic heterocycles. The van der Waals surface area contributed by atoms with Gasteiger partial charge < -0.3 is 4.74 Å². The highest BCUT2D eigenvalue weighted by atomic mass is 35.5. The minimum Gasteiger partial charge on any atom is -0.492 e. The molecule has 0 saturated carbocycles. The molecule has 0 heterocycles. The molecule has 0 unspecified atom stereocenters. The van der Waals surface area contributed by atoms with Gasteiger partial charge in [-0.25, -0.2) is 13.1 Å². The van der Waals surface area contributed by atoms with Crippen molar-refractivity contribution in [2.75, 3.05) is 12.4 Å². The third-order valence-corrected chi connectivity index (χ3v) is 4.46. The summed E-state index contributed by atoms with van der Waals surface area (Å²) in [5.74, 6) is 0.547. The summed E-state index contributed by atoms with van der Waals surface area (Å²) in [5, 5.41) is 0.542. The highest BCUT2D eigenvalue weighted by Gasteiger charge is 2.11. The molecule has 2 rings (SSSR count). The Morgan fingerprint density at radius 3 is 2.38 bits per heavy atom. The van der Waals surface area contributed by atoms with Crippen molar-refractivity contribution in [1.29, 1.82) is 0 Å². The van der Waals surface area contributed by atoms with Crippen LogP contribution in [-0.4, -0.2) is 20.8 Å². The average molecular weight is 326 g/mol. The van der Waals surface area contributed by atoms with E-state index < -0.39 is 10.0 Å². The fraction of sp³-hybridized carbons (Fsp3) is 0.200. The average Bonchev–Trinajstić information content (AvgIpc) is 2.47. The number of benzene rings is 2. The summed E-state index contributed by atoms with van der Waals surface area (Å²) in [6, 6.07) is 16.2. The van der Waals surface area contributed by atoms with Crippen molar-refractivity contribution in [3.8, 4) is 5.75 Å². The summed E-state index contributed by atoms with van der Waals surface area (Å²) in [7, 11) is -3.40. The number of hydrogen-bond donors (Lipinski definition) is 1. The Bertz CT molecular complexity index is 674. The third kappa shape index (κ3) is 5.38. The molecule has 0 fully saturated rings. The van der Waals surface area contributed by atoms with E-state index in [2.05, 4.69) is 4.72 Å². The zero-order chi connectivity index (χ0) is 15.1. The fourth-order valence-corrected chi connectivity index (χ4v) is 2.71. The van der Waals surface area contributed by atoms with Crippen LogP contribution in [0.5, 0.6) is 5.75 Å². The maximum atomic E-state index is 11.9. The Balaban J connectivity index is 1.81. The molecule has 0 aromatic heterocycles. The first-order chi connectivity index (χ1) is 10.1. The van der Waals surface area contributed by atoms with Gasteiger partial charge in [-0.05, 0) is 23.8 Å². The number of sulfonamides is 1. The van der Waals surface area contributed by atoms with Gasteiger partial charge in [0, 0.05) is 11.6 Å². The molecule has 0 bridgehead atoms. The van der Waals surface area contributed by atoms with Gasteiger partial charge in [-0.15, -0.1) is 0 Å². The van der Waals surface area contributed by atoms with Crippen LogP contribution in [-0.2, 0) is 16.6 Å². The molecule has 2 aromatic rings. The van der Waals surface area contributed by atoms with Crippen molar-refractivity contribution < 1.29 is 13.2 Å². The molecule has 0 aliphatic carbocycles. The van der Waals surface area contributed by atoms with Crippen molar-refractivity contribution in [2.24, 2.45) is 0 Å². The predicted molar refractivity (Wildman–Crippen MR) is 84.0 cm³/mol. The van der Waals surface area contributed by atoms with E-state index in [1.165, 1.54) is 0 Å². The molecular weight excluding hydrogens is 310 g/mol. The standard InChI is InChI=1S/C15H16ClNO3S/c16-15-9-5-4-6-13(15)12-17-21(18,19)11-10-20-14-7-2-1-3-8-14/h1-9,17H,10-12H2. The molecular formula is C15H16ClNO3S. The Labute approximate surface area is 129 Å². The van der Waals surface area contributed by atoms with E-state index in [1.807, 2.05) is 24.3 Å². The molecule has 0 atom stereocenters. The number of ether oxygens (including phenoxy) is 1. The van der Waals surface area contributed by atoms with Crippen LogP contribution in [0.1, 0.15) is 5.56 Å². The highest BCUT2D eigenvalue weighted by molar-refractivity contribution is 7.89. The summed E-state index contributed by atoms with van der Waals surface area (Å²) >= 11 is 5.98. The second-order valence-electron chi connectivity index (χ2n) is 4.39. The Morgan fingerprint density at radius 2 is 1.67 bits per heavy atom. The van der Waals surface area contributed by atoms with Crippen LogP contribution >= 0.6 is 11.6 Å². The van der Waals surface area contributed by atoms with Gasteiger partial charge in [-0.1, -0.05) is 48.0 Å². The van der Waals surface area contributed by atoms with E-state index in [0.717, 1.165) is 5.56 Å². The van der Waals surface area contributed by atoms with E-state index in [-0.39, 0.29) is 18.9 Å². The number of halogens is 1. The van der Waals surface area contributed by atoms with Gasteiger partial charge in [0.2, 0.25) is 10.0 Å². The normalized spacial score (nSPS) is 11.3. The first-order valence-electron chi connectivity index (χ1n) is 6.45. The number of nitrogens with one attached hydrogen (secondary N) is 1. The SMILES string of the molecule is O=S(=O)(CCOc1ccccc1)NCc1ccccc1Cl. The molecule has 0 saturated heterocycles. The van der Waals surface area contributed by atoms with E-state index in [4.69, 9.17) is 16.3 Å². The first kappa shape index (κ1) is 15.8. The third-order valence-electron chi connectivity index (χ3n) is 2.80. The highest BCUT2D eigenvalue weighted by Crippen LogP contribution is 2.14. The van der Waals surface area contributed by atoms with Crippen LogP contribution in [0.4, 0.5) is 0 Å². The summed E-state index contributed by atoms with van der Waals surface area (Å²) in [5.41, 5.74) is 0.742. The maximum Gasteiger partial charge on any atom is 0.215 e. The fourth-order valence-electron chi connectivity index (χ4n) is 1.69. The van der Waals surface area contributed by atoms with Gasteiger partial charge in [-0.2, -0.15) is 0 Å². The molecule has 2 aromatic carbocycles. The van der Waals surface area contributed by atoms with E-state index >= 15 is 0 Å². The summed E-state index contributed by atoms with van der Waals surface area (Å²) < 4.78 is 31.6. The van der Waals surface area contributed by atoms with Crippen molar-refractivity contribution in [3.05, 3.63) is 65.2 Å². The van der Waals surface area contributed by atoms with Crippen LogP contribution in [0.3, 0.4) is 0 Å². The topological polar surface area (TPSA) is 55.4 Å². The Kier molecular flexibility index (Phi) is 5.61. The van der Waals surface area contributed by atoms with E-state index in [0.29, 0.717) is 10.8 Å². The zero-order valence-electron chi connectivity index (χ0n) is 11.3. The molecule has 0 aliphatic rings. The van der Waals surface area contributed by atoms with Crippen LogP contribution < -0.4 is 9.46 Å². The predicted octanol–water partition coefficient (Wildman–Crippen LogP) is 2.84. The van der Waals surface area contributed by atoms with Crippen molar-refractivity contribution in [1.82, 2.24) is 4.72 Å². The quantitative estimate of drug-likeness (QED) is 0.851. The van der Waals surface area contributed by atoms with Gasteiger partial charge >= 0.3 is 0 Å². The minimum atomic E-state index is -3.40. The molecule has 1 N–H and O–H groups in total. The molecule has 21 heavy (non-hydrogen) atoms. The van der Waals surface area contributed by atoms with Crippen molar-refractivity contribution in [3.63, 3.8) is 0 Å². The van der Waals surface area contributed by atoms with Gasteiger partial charge in [0.25, 0.3) is 0 Å². The van der Waals surface area contributed by atoms with Crippen LogP contribution in [0.2, 0.25) is 5.02 Å². The van der Waals surface area contributed by atoms with Gasteiger partial charge in [0.1, 0.15) is 12.4 Å². The molecule has 112 valence electrons. The zero-order valence-corrected chi connectivity index (χ0v) is 12.9. The smallest absolute Gasteiger partial charge is 0.215 e. The largest absolute Gasteiger partial charge is 0.492 e. The molecule has 4 nitrogen and oxygen atoms in total. The molecule has 0 spiro atoms. The number of rotatable bonds is 7. The number of para-hydroxylation sites is 1. The van der Waals surface area contributed by atoms with Gasteiger partial charge in [0.15, 0.2) is 0 Å². The van der Waals surface area contributed by atoms with Gasteiger partial charge in [-0.3, -0.25) is 0 Å². The van der Waals surface area contributed by atoms with Crippen molar-refractivity contribution in [2.45, 2.75) is 6.54 Å². The monoisotopic (exact) mass is 325 g/mol. The second kappa shape index (κ2) is 7.45. The molecule has 0 radical (unpaired) electrons. The molecule has 6 heteroatoms. The summed E-state index contributed by atoms with van der Waals surface area (Å²) in [6.07, 6.45) is 0. The van der Waals surface area contributed by atoms with Crippen molar-refractivity contribution >= 4 is 21.6 Å². The Hall–Kier alpha value is -1.56. The second-order valence-corrected chi connectivity index (χ2v) is 6.73. The maximum absolute atomic E-state index is 11.9. The van der Waals surface area contributed by atoms with Crippen LogP contribution in [0.25, 0.3) is 0 Å². The lowest BCUT2D eigenvalue weighted by Gasteiger charge is -2.09. The van der Waals surface area contributed by atoms with Gasteiger partial charge in [0.05, 0.1) is 5.75 Å². The van der Waals surface area contributed by atoms with E-state index in [1.54, 1.807) is 30.3 Å². The minimum absolute atomic E-state index is 0.0991.